The lowest BCUT2D eigenvalue weighted by atomic mass is 10.1. The third-order valence-corrected chi connectivity index (χ3v) is 4.70. The van der Waals surface area contributed by atoms with Crippen molar-refractivity contribution < 1.29 is 9.18 Å². The molecule has 0 aliphatic carbocycles. The first-order valence-electron chi connectivity index (χ1n) is 6.08. The molecule has 0 saturated heterocycles. The highest BCUT2D eigenvalue weighted by Crippen LogP contribution is 2.27. The number of halogens is 2. The van der Waals surface area contributed by atoms with E-state index in [-0.39, 0.29) is 11.6 Å². The Labute approximate surface area is 128 Å². The minimum atomic E-state index is -0.272. The van der Waals surface area contributed by atoms with E-state index >= 15 is 0 Å². The smallest absolute Gasteiger partial charge is 0.177 e. The zero-order chi connectivity index (χ0) is 14.1. The summed E-state index contributed by atoms with van der Waals surface area (Å²) in [6, 6.07) is 14.1. The molecule has 0 spiro atoms. The summed E-state index contributed by atoms with van der Waals surface area (Å²) in [6.45, 7) is 0. The van der Waals surface area contributed by atoms with Crippen molar-refractivity contribution in [3.05, 3.63) is 69.3 Å². The van der Waals surface area contributed by atoms with E-state index in [1.165, 1.54) is 23.5 Å². The van der Waals surface area contributed by atoms with Crippen molar-refractivity contribution in [2.75, 3.05) is 0 Å². The number of benzene rings is 2. The Hall–Kier alpha value is -1.52. The van der Waals surface area contributed by atoms with E-state index in [4.69, 9.17) is 0 Å². The normalized spacial score (nSPS) is 10.9. The van der Waals surface area contributed by atoms with E-state index in [1.807, 2.05) is 30.3 Å². The maximum absolute atomic E-state index is 13.1. The standard InChI is InChI=1S/C16H10BrFOS/c17-12-4-1-10(2-5-12)7-14(19)16-8-11-3-6-13(18)9-15(11)20-16/h1-6,8-9H,7H2. The van der Waals surface area contributed by atoms with Gasteiger partial charge in [0.15, 0.2) is 5.78 Å². The van der Waals surface area contributed by atoms with E-state index < -0.39 is 0 Å². The van der Waals surface area contributed by atoms with Crippen LogP contribution in [0.3, 0.4) is 0 Å². The first-order chi connectivity index (χ1) is 9.61. The Bertz CT molecular complexity index is 777. The van der Waals surface area contributed by atoms with Crippen molar-refractivity contribution in [2.24, 2.45) is 0 Å². The van der Waals surface area contributed by atoms with Crippen LogP contribution in [0.5, 0.6) is 0 Å². The zero-order valence-electron chi connectivity index (χ0n) is 10.4. The molecule has 0 unspecified atom stereocenters. The molecule has 2 aromatic carbocycles. The summed E-state index contributed by atoms with van der Waals surface area (Å²) in [5, 5.41) is 0.913. The summed E-state index contributed by atoms with van der Waals surface area (Å²) in [6.07, 6.45) is 0.364. The number of fused-ring (bicyclic) bond motifs is 1. The lowest BCUT2D eigenvalue weighted by molar-refractivity contribution is 0.0997. The molecule has 100 valence electrons. The number of hydrogen-bond acceptors (Lipinski definition) is 2. The van der Waals surface area contributed by atoms with Crippen molar-refractivity contribution in [3.63, 3.8) is 0 Å². The van der Waals surface area contributed by atoms with Crippen LogP contribution in [0.4, 0.5) is 4.39 Å². The summed E-state index contributed by atoms with van der Waals surface area (Å²) in [5.74, 6) is -0.208. The average Bonchev–Trinajstić information content (AvgIpc) is 2.84. The molecule has 3 aromatic rings. The van der Waals surface area contributed by atoms with Gasteiger partial charge < -0.3 is 0 Å². The first kappa shape index (κ1) is 13.5. The highest BCUT2D eigenvalue weighted by Gasteiger charge is 2.11. The van der Waals surface area contributed by atoms with Crippen molar-refractivity contribution in [2.45, 2.75) is 6.42 Å². The molecule has 4 heteroatoms. The van der Waals surface area contributed by atoms with Crippen LogP contribution in [0.1, 0.15) is 15.2 Å². The lowest BCUT2D eigenvalue weighted by Gasteiger charge is -1.99. The molecule has 0 radical (unpaired) electrons. The quantitative estimate of drug-likeness (QED) is 0.592. The number of Topliss-reactive ketones (excluding diaryl/α,β-unsaturated/α-hetero) is 1. The van der Waals surface area contributed by atoms with Gasteiger partial charge in [-0.1, -0.05) is 34.1 Å². The van der Waals surface area contributed by atoms with Gasteiger partial charge in [-0.25, -0.2) is 4.39 Å². The van der Waals surface area contributed by atoms with Gasteiger partial charge in [-0.3, -0.25) is 4.79 Å². The fourth-order valence-electron chi connectivity index (χ4n) is 2.02. The molecule has 1 nitrogen and oxygen atoms in total. The largest absolute Gasteiger partial charge is 0.293 e. The average molecular weight is 349 g/mol. The van der Waals surface area contributed by atoms with Gasteiger partial charge in [-0.2, -0.15) is 0 Å². The molecule has 0 saturated carbocycles. The van der Waals surface area contributed by atoms with Crippen LogP contribution in [0.15, 0.2) is 53.0 Å². The van der Waals surface area contributed by atoms with Crippen LogP contribution in [0.2, 0.25) is 0 Å². The van der Waals surface area contributed by atoms with Gasteiger partial charge in [0.1, 0.15) is 5.82 Å². The van der Waals surface area contributed by atoms with E-state index in [2.05, 4.69) is 15.9 Å². The molecule has 0 aliphatic rings. The Kier molecular flexibility index (Phi) is 3.68. The second kappa shape index (κ2) is 5.46. The third-order valence-electron chi connectivity index (χ3n) is 3.03. The van der Waals surface area contributed by atoms with Gasteiger partial charge in [-0.15, -0.1) is 11.3 Å². The molecular formula is C16H10BrFOS. The van der Waals surface area contributed by atoms with Crippen LogP contribution in [-0.2, 0) is 6.42 Å². The van der Waals surface area contributed by atoms with Gasteiger partial charge in [-0.05, 0) is 41.3 Å². The first-order valence-corrected chi connectivity index (χ1v) is 7.69. The molecule has 0 N–H and O–H groups in total. The van der Waals surface area contributed by atoms with Crippen LogP contribution < -0.4 is 0 Å². The van der Waals surface area contributed by atoms with Gasteiger partial charge in [0, 0.05) is 15.6 Å². The van der Waals surface area contributed by atoms with E-state index in [9.17, 15) is 9.18 Å². The second-order valence-electron chi connectivity index (χ2n) is 4.52. The number of thiophene rings is 1. The molecule has 0 atom stereocenters. The van der Waals surface area contributed by atoms with E-state index in [0.29, 0.717) is 11.3 Å². The molecule has 3 rings (SSSR count). The predicted octanol–water partition coefficient (Wildman–Crippen LogP) is 5.23. The molecule has 0 aliphatic heterocycles. The zero-order valence-corrected chi connectivity index (χ0v) is 12.8. The molecular weight excluding hydrogens is 339 g/mol. The predicted molar refractivity (Wildman–Crippen MR) is 84.0 cm³/mol. The van der Waals surface area contributed by atoms with Crippen LogP contribution in [-0.4, -0.2) is 5.78 Å². The van der Waals surface area contributed by atoms with Gasteiger partial charge >= 0.3 is 0 Å². The summed E-state index contributed by atoms with van der Waals surface area (Å²) in [5.41, 5.74) is 0.974. The maximum Gasteiger partial charge on any atom is 0.177 e. The number of carbonyl (C=O) groups excluding carboxylic acids is 1. The Balaban J connectivity index is 1.86. The Morgan fingerprint density at radius 1 is 1.10 bits per heavy atom. The van der Waals surface area contributed by atoms with Crippen molar-refractivity contribution in [1.29, 1.82) is 0 Å². The molecule has 0 amide bonds. The highest BCUT2D eigenvalue weighted by atomic mass is 79.9. The monoisotopic (exact) mass is 348 g/mol. The fraction of sp³-hybridized carbons (Fsp3) is 0.0625. The molecule has 0 fully saturated rings. The summed E-state index contributed by atoms with van der Waals surface area (Å²) in [7, 11) is 0. The lowest BCUT2D eigenvalue weighted by Crippen LogP contribution is -2.00. The topological polar surface area (TPSA) is 17.1 Å². The van der Waals surface area contributed by atoms with Crippen LogP contribution in [0.25, 0.3) is 10.1 Å². The highest BCUT2D eigenvalue weighted by molar-refractivity contribution is 9.10. The summed E-state index contributed by atoms with van der Waals surface area (Å²) >= 11 is 4.71. The summed E-state index contributed by atoms with van der Waals surface area (Å²) in [4.78, 5) is 12.9. The molecule has 0 bridgehead atoms. The van der Waals surface area contributed by atoms with E-state index in [0.717, 1.165) is 20.1 Å². The minimum absolute atomic E-state index is 0.0638. The minimum Gasteiger partial charge on any atom is -0.293 e. The Morgan fingerprint density at radius 3 is 2.60 bits per heavy atom. The van der Waals surface area contributed by atoms with Crippen molar-refractivity contribution >= 4 is 43.1 Å². The number of hydrogen-bond donors (Lipinski definition) is 0. The third kappa shape index (κ3) is 2.81. The van der Waals surface area contributed by atoms with Crippen LogP contribution in [0, 0.1) is 5.82 Å². The SMILES string of the molecule is O=C(Cc1ccc(Br)cc1)c1cc2ccc(F)cc2s1. The second-order valence-corrected chi connectivity index (χ2v) is 6.52. The molecule has 1 heterocycles. The summed E-state index contributed by atoms with van der Waals surface area (Å²) < 4.78 is 15.0. The number of ketones is 1. The van der Waals surface area contributed by atoms with Crippen molar-refractivity contribution in [3.8, 4) is 0 Å². The van der Waals surface area contributed by atoms with Crippen molar-refractivity contribution in [1.82, 2.24) is 0 Å². The Morgan fingerprint density at radius 2 is 1.85 bits per heavy atom. The van der Waals surface area contributed by atoms with Gasteiger partial charge in [0.25, 0.3) is 0 Å². The van der Waals surface area contributed by atoms with E-state index in [1.54, 1.807) is 6.07 Å². The maximum atomic E-state index is 13.1. The number of rotatable bonds is 3. The molecule has 20 heavy (non-hydrogen) atoms. The van der Waals surface area contributed by atoms with Gasteiger partial charge in [0.2, 0.25) is 0 Å². The molecule has 1 aromatic heterocycles. The number of carbonyl (C=O) groups is 1. The van der Waals surface area contributed by atoms with Gasteiger partial charge in [0.05, 0.1) is 4.88 Å². The van der Waals surface area contributed by atoms with Crippen LogP contribution >= 0.6 is 27.3 Å². The fourth-order valence-corrected chi connectivity index (χ4v) is 3.31.